The summed E-state index contributed by atoms with van der Waals surface area (Å²) in [6.45, 7) is 0. The van der Waals surface area contributed by atoms with Crippen LogP contribution in [0.4, 0.5) is 0 Å². The first-order chi connectivity index (χ1) is 0. The fourth-order valence-corrected chi connectivity index (χ4v) is 0. The van der Waals surface area contributed by atoms with Crippen LogP contribution in [0.1, 0.15) is 1.43 Å². The van der Waals surface area contributed by atoms with Gasteiger partial charge >= 0.3 is 56.6 Å². The molecule has 0 aliphatic rings. The van der Waals surface area contributed by atoms with Gasteiger partial charge in [-0.05, 0) is 0 Å². The van der Waals surface area contributed by atoms with Crippen LogP contribution < -0.4 is 56.6 Å². The van der Waals surface area contributed by atoms with Gasteiger partial charge < -0.3 is 16.4 Å². The molecule has 0 unspecified atom stereocenters. The van der Waals surface area contributed by atoms with Gasteiger partial charge in [0.2, 0.25) is 0 Å². The maximum atomic E-state index is 0. The molecule has 0 saturated carbocycles. The topological polar surface area (TPSA) is 90.0 Å². The van der Waals surface area contributed by atoms with Gasteiger partial charge in [0.05, 0.1) is 0 Å². The van der Waals surface area contributed by atoms with Crippen LogP contribution in [-0.2, 0) is 0 Å². The molecule has 0 radical (unpaired) electrons. The first-order valence-corrected chi connectivity index (χ1v) is 0. The third-order valence-electron chi connectivity index (χ3n) is 0. The molecule has 0 aliphatic heterocycles. The van der Waals surface area contributed by atoms with Crippen LogP contribution in [0.3, 0.4) is 0 Å². The fraction of sp³-hybridized carbons (Fsp3) is 0. The van der Waals surface area contributed by atoms with E-state index in [2.05, 4.69) is 0 Å². The van der Waals surface area contributed by atoms with Crippen molar-refractivity contribution in [2.24, 2.45) is 0 Å². The van der Waals surface area contributed by atoms with Crippen molar-refractivity contribution in [3.05, 3.63) is 0 Å². The molecule has 26 valence electrons. The van der Waals surface area contributed by atoms with Gasteiger partial charge in [0, 0.05) is 1.43 Å². The number of hydrogen-bond donors (Lipinski definition) is 0. The second kappa shape index (κ2) is 76.8. The summed E-state index contributed by atoms with van der Waals surface area (Å²) in [4.78, 5) is 0. The summed E-state index contributed by atoms with van der Waals surface area (Å²) in [5.41, 5.74) is 0. The van der Waals surface area contributed by atoms with E-state index < -0.39 is 0 Å². The summed E-state index contributed by atoms with van der Waals surface area (Å²) in [5, 5.41) is 0. The van der Waals surface area contributed by atoms with Crippen molar-refractivity contribution in [2.45, 2.75) is 0 Å². The molecule has 0 heterocycles. The van der Waals surface area contributed by atoms with Gasteiger partial charge in [-0.15, -0.1) is 0 Å². The molecular weight excluding hydrogens is 68.8 g/mol. The molecule has 3 N–H and O–H groups in total. The predicted molar refractivity (Wildman–Crippen MR) is 7.92 cm³/mol. The van der Waals surface area contributed by atoms with Gasteiger partial charge in [0.1, 0.15) is 0 Å². The van der Waals surface area contributed by atoms with E-state index >= 15 is 0 Å². The molecule has 0 aromatic carbocycles. The van der Waals surface area contributed by atoms with Crippen LogP contribution >= 0.6 is 0 Å². The first kappa shape index (κ1) is 122. The molecule has 0 bridgehead atoms. The summed E-state index contributed by atoms with van der Waals surface area (Å²) in [7, 11) is 0. The van der Waals surface area contributed by atoms with Crippen molar-refractivity contribution in [1.82, 2.24) is 0 Å². The Bertz CT molecular complexity index is 10.1. The van der Waals surface area contributed by atoms with Gasteiger partial charge in [-0.2, -0.15) is 0 Å². The van der Waals surface area contributed by atoms with Crippen molar-refractivity contribution in [2.75, 3.05) is 0 Å². The van der Waals surface area contributed by atoms with Crippen LogP contribution in [0.25, 0.3) is 0 Å². The molecule has 0 rings (SSSR count). The van der Waals surface area contributed by atoms with E-state index in [-0.39, 0.29) is 74.4 Å². The van der Waals surface area contributed by atoms with Crippen LogP contribution in [0.5, 0.6) is 0 Å². The van der Waals surface area contributed by atoms with E-state index in [0.29, 0.717) is 0 Å². The summed E-state index contributed by atoms with van der Waals surface area (Å²) in [6.07, 6.45) is 0. The molecule has 3 nitrogen and oxygen atoms in total. The SMILES string of the molecule is [HH].[Li+].[Li+].[Li+].[OH-].[OH-].[OH-]. The molecule has 0 aromatic heterocycles. The Morgan fingerprint density at radius 1 is 0.500 bits per heavy atom. The summed E-state index contributed by atoms with van der Waals surface area (Å²) in [6, 6.07) is 0. The smallest absolute Gasteiger partial charge is 0.870 e. The Morgan fingerprint density at radius 3 is 0.500 bits per heavy atom. The normalized spacial score (nSPS) is 0. The number of hydrogen-bond acceptors (Lipinski definition) is 3. The summed E-state index contributed by atoms with van der Waals surface area (Å²) >= 11 is 0. The maximum absolute atomic E-state index is 0. The predicted octanol–water partition coefficient (Wildman–Crippen LogP) is -9.27. The van der Waals surface area contributed by atoms with Gasteiger partial charge in [-0.25, -0.2) is 0 Å². The summed E-state index contributed by atoms with van der Waals surface area (Å²) < 4.78 is 0. The zero-order valence-corrected chi connectivity index (χ0v) is 4.34. The maximum Gasteiger partial charge on any atom is 1.00 e. The monoisotopic (exact) mass is 74.1 g/mol. The van der Waals surface area contributed by atoms with Crippen molar-refractivity contribution >= 4 is 0 Å². The third-order valence-corrected chi connectivity index (χ3v) is 0. The van der Waals surface area contributed by atoms with Crippen LogP contribution in [0.15, 0.2) is 0 Å². The van der Waals surface area contributed by atoms with Crippen molar-refractivity contribution in [3.63, 3.8) is 0 Å². The van der Waals surface area contributed by atoms with Crippen molar-refractivity contribution < 1.29 is 74.4 Å². The minimum Gasteiger partial charge on any atom is -0.870 e. The fourth-order valence-electron chi connectivity index (χ4n) is 0. The molecule has 6 heteroatoms. The average Bonchev–Trinajstić information content (AvgIpc) is 0. The standard InChI is InChI=1S/3Li.3H2O.H2/h;;;3*1H2;1H/q3*+1;;;;/p-3. The minimum atomic E-state index is 0. The van der Waals surface area contributed by atoms with E-state index in [0.717, 1.165) is 0 Å². The minimum absolute atomic E-state index is 0. The zero-order chi connectivity index (χ0) is 0. The van der Waals surface area contributed by atoms with E-state index in [1.54, 1.807) is 0 Å². The van der Waals surface area contributed by atoms with Crippen molar-refractivity contribution in [3.8, 4) is 0 Å². The largest absolute Gasteiger partial charge is 1.00 e. The number of rotatable bonds is 0. The second-order valence-electron chi connectivity index (χ2n) is 0. The second-order valence-corrected chi connectivity index (χ2v) is 0. The quantitative estimate of drug-likeness (QED) is 0.267. The first-order valence-electron chi connectivity index (χ1n) is 0. The Labute approximate surface area is 74.2 Å². The van der Waals surface area contributed by atoms with E-state index in [9.17, 15) is 0 Å². The van der Waals surface area contributed by atoms with Crippen LogP contribution in [0, 0.1) is 0 Å². The van der Waals surface area contributed by atoms with Crippen LogP contribution in [0.2, 0.25) is 0 Å². The van der Waals surface area contributed by atoms with Crippen LogP contribution in [-0.4, -0.2) is 16.4 Å². The van der Waals surface area contributed by atoms with Gasteiger partial charge in [0.15, 0.2) is 0 Å². The Hall–Kier alpha value is 1.67. The Kier molecular flexibility index (Phi) is 1560. The van der Waals surface area contributed by atoms with Gasteiger partial charge in [-0.3, -0.25) is 0 Å². The van der Waals surface area contributed by atoms with Gasteiger partial charge in [0.25, 0.3) is 0 Å². The Morgan fingerprint density at radius 2 is 0.500 bits per heavy atom. The third kappa shape index (κ3) is 44.3. The van der Waals surface area contributed by atoms with E-state index in [1.807, 2.05) is 0 Å². The summed E-state index contributed by atoms with van der Waals surface area (Å²) in [5.74, 6) is 0. The molecule has 0 aromatic rings. The molecule has 0 saturated heterocycles. The van der Waals surface area contributed by atoms with Gasteiger partial charge in [-0.1, -0.05) is 0 Å². The molecule has 0 spiro atoms. The van der Waals surface area contributed by atoms with Crippen molar-refractivity contribution in [1.29, 1.82) is 0 Å². The molecule has 6 heavy (non-hydrogen) atoms. The Balaban J connectivity index is 0. The van der Waals surface area contributed by atoms with E-state index in [4.69, 9.17) is 0 Å². The molecule has 0 fully saturated rings. The molecule has 0 amide bonds. The molecular formula is H5Li3O3. The molecule has 0 aliphatic carbocycles. The average molecular weight is 73.9 g/mol. The van der Waals surface area contributed by atoms with E-state index in [1.165, 1.54) is 0 Å². The zero-order valence-electron chi connectivity index (χ0n) is 4.34. The molecule has 0 atom stereocenters.